The minimum absolute atomic E-state index is 0.389. The van der Waals surface area contributed by atoms with Crippen molar-refractivity contribution in [2.45, 2.75) is 6.92 Å². The Morgan fingerprint density at radius 2 is 1.64 bits per heavy atom. The molecule has 0 aliphatic carbocycles. The number of benzene rings is 2. The van der Waals surface area contributed by atoms with E-state index in [1.54, 1.807) is 79.6 Å². The number of hydrogen-bond acceptors (Lipinski definition) is 7. The second-order valence-corrected chi connectivity index (χ2v) is 6.84. The SMILES string of the molecule is COc1ccc(NC(=O)Nc2ccc(Oc3cc(-n4cccn4)nc(C)n3)cc2)cc1OC. The third kappa shape index (κ3) is 5.37. The predicted octanol–water partition coefficient (Wildman–Crippen LogP) is 4.42. The van der Waals surface area contributed by atoms with Gasteiger partial charge in [0.25, 0.3) is 0 Å². The van der Waals surface area contributed by atoms with E-state index in [9.17, 15) is 4.79 Å². The average molecular weight is 446 g/mol. The van der Waals surface area contributed by atoms with Crippen LogP contribution in [0.5, 0.6) is 23.1 Å². The van der Waals surface area contributed by atoms with Gasteiger partial charge in [0.05, 0.1) is 14.2 Å². The summed E-state index contributed by atoms with van der Waals surface area (Å²) in [6.07, 6.45) is 3.46. The van der Waals surface area contributed by atoms with Gasteiger partial charge in [-0.25, -0.2) is 14.5 Å². The lowest BCUT2D eigenvalue weighted by Crippen LogP contribution is -2.19. The van der Waals surface area contributed by atoms with Gasteiger partial charge in [-0.3, -0.25) is 0 Å². The Labute approximate surface area is 190 Å². The van der Waals surface area contributed by atoms with E-state index in [2.05, 4.69) is 25.7 Å². The van der Waals surface area contributed by atoms with E-state index in [1.807, 2.05) is 6.07 Å². The van der Waals surface area contributed by atoms with Crippen molar-refractivity contribution in [3.8, 4) is 28.9 Å². The highest BCUT2D eigenvalue weighted by Crippen LogP contribution is 2.30. The zero-order valence-corrected chi connectivity index (χ0v) is 18.3. The van der Waals surface area contributed by atoms with E-state index in [0.29, 0.717) is 46.1 Å². The summed E-state index contributed by atoms with van der Waals surface area (Å²) in [5.74, 6) is 3.21. The van der Waals surface area contributed by atoms with Crippen molar-refractivity contribution in [3.05, 3.63) is 72.8 Å². The molecule has 33 heavy (non-hydrogen) atoms. The van der Waals surface area contributed by atoms with Gasteiger partial charge in [0, 0.05) is 35.9 Å². The molecule has 168 valence electrons. The van der Waals surface area contributed by atoms with Crippen molar-refractivity contribution < 1.29 is 19.0 Å². The number of amides is 2. The third-order valence-electron chi connectivity index (χ3n) is 4.52. The first kappa shape index (κ1) is 21.6. The Morgan fingerprint density at radius 1 is 0.909 bits per heavy atom. The van der Waals surface area contributed by atoms with Crippen molar-refractivity contribution in [3.63, 3.8) is 0 Å². The van der Waals surface area contributed by atoms with Crippen molar-refractivity contribution in [2.75, 3.05) is 24.9 Å². The van der Waals surface area contributed by atoms with Crippen LogP contribution in [0.1, 0.15) is 5.82 Å². The number of carbonyl (C=O) groups excluding carboxylic acids is 1. The van der Waals surface area contributed by atoms with Crippen LogP contribution in [0.3, 0.4) is 0 Å². The number of urea groups is 1. The lowest BCUT2D eigenvalue weighted by atomic mass is 10.2. The fraction of sp³-hybridized carbons (Fsp3) is 0.130. The van der Waals surface area contributed by atoms with Gasteiger partial charge in [-0.2, -0.15) is 10.1 Å². The Hall–Kier alpha value is -4.60. The number of aromatic nitrogens is 4. The summed E-state index contributed by atoms with van der Waals surface area (Å²) in [4.78, 5) is 21.0. The molecular weight excluding hydrogens is 424 g/mol. The molecule has 2 amide bonds. The quantitative estimate of drug-likeness (QED) is 0.432. The van der Waals surface area contributed by atoms with E-state index in [0.717, 1.165) is 0 Å². The molecule has 4 aromatic rings. The van der Waals surface area contributed by atoms with E-state index in [4.69, 9.17) is 14.2 Å². The van der Waals surface area contributed by atoms with E-state index >= 15 is 0 Å². The lowest BCUT2D eigenvalue weighted by Gasteiger charge is -2.12. The highest BCUT2D eigenvalue weighted by molar-refractivity contribution is 5.99. The molecule has 2 heterocycles. The van der Waals surface area contributed by atoms with Crippen molar-refractivity contribution >= 4 is 17.4 Å². The van der Waals surface area contributed by atoms with E-state index < -0.39 is 6.03 Å². The van der Waals surface area contributed by atoms with Gasteiger partial charge in [0.2, 0.25) is 5.88 Å². The zero-order chi connectivity index (χ0) is 23.2. The van der Waals surface area contributed by atoms with Crippen molar-refractivity contribution in [1.82, 2.24) is 19.7 Å². The van der Waals surface area contributed by atoms with E-state index in [1.165, 1.54) is 7.11 Å². The highest BCUT2D eigenvalue weighted by atomic mass is 16.5. The Kier molecular flexibility index (Phi) is 6.35. The lowest BCUT2D eigenvalue weighted by molar-refractivity contribution is 0.262. The van der Waals surface area contributed by atoms with Crippen LogP contribution < -0.4 is 24.8 Å². The Morgan fingerprint density at radius 3 is 2.33 bits per heavy atom. The number of carbonyl (C=O) groups is 1. The molecule has 0 saturated carbocycles. The molecular formula is C23H22N6O4. The first-order valence-corrected chi connectivity index (χ1v) is 9.97. The van der Waals surface area contributed by atoms with Gasteiger partial charge in [0.1, 0.15) is 11.6 Å². The largest absolute Gasteiger partial charge is 0.493 e. The number of nitrogens with one attached hydrogen (secondary N) is 2. The topological polar surface area (TPSA) is 112 Å². The number of methoxy groups -OCH3 is 2. The second kappa shape index (κ2) is 9.69. The number of nitrogens with zero attached hydrogens (tertiary/aromatic N) is 4. The minimum Gasteiger partial charge on any atom is -0.493 e. The number of rotatable bonds is 7. The van der Waals surface area contributed by atoms with Gasteiger partial charge >= 0.3 is 6.03 Å². The molecule has 10 nitrogen and oxygen atoms in total. The summed E-state index contributed by atoms with van der Waals surface area (Å²) in [7, 11) is 3.08. The molecule has 2 N–H and O–H groups in total. The van der Waals surface area contributed by atoms with Crippen LogP contribution in [0.4, 0.5) is 16.2 Å². The Balaban J connectivity index is 1.39. The van der Waals surface area contributed by atoms with Crippen LogP contribution >= 0.6 is 0 Å². The van der Waals surface area contributed by atoms with Crippen molar-refractivity contribution in [1.29, 1.82) is 0 Å². The molecule has 2 aromatic carbocycles. The summed E-state index contributed by atoms with van der Waals surface area (Å²) in [6, 6.07) is 15.1. The highest BCUT2D eigenvalue weighted by Gasteiger charge is 2.09. The number of aryl methyl sites for hydroxylation is 1. The average Bonchev–Trinajstić information content (AvgIpc) is 3.35. The summed E-state index contributed by atoms with van der Waals surface area (Å²) >= 11 is 0. The molecule has 0 bridgehead atoms. The van der Waals surface area contributed by atoms with Gasteiger partial charge in [-0.05, 0) is 49.4 Å². The Bertz CT molecular complexity index is 1240. The molecule has 0 radical (unpaired) electrons. The minimum atomic E-state index is -0.397. The molecule has 0 fully saturated rings. The van der Waals surface area contributed by atoms with Crippen LogP contribution in [0, 0.1) is 6.92 Å². The van der Waals surface area contributed by atoms with Gasteiger partial charge < -0.3 is 24.8 Å². The standard InChI is InChI=1S/C23H22N6O4/c1-15-25-21(29-12-4-11-24-29)14-22(26-15)33-18-8-5-16(6-9-18)27-23(30)28-17-7-10-19(31-2)20(13-17)32-3/h4-14H,1-3H3,(H2,27,28,30). The van der Waals surface area contributed by atoms with Crippen molar-refractivity contribution in [2.24, 2.45) is 0 Å². The number of hydrogen-bond donors (Lipinski definition) is 2. The number of anilines is 2. The summed E-state index contributed by atoms with van der Waals surface area (Å²) < 4.78 is 17.9. The van der Waals surface area contributed by atoms with Crippen LogP contribution in [-0.4, -0.2) is 40.0 Å². The normalized spacial score (nSPS) is 10.4. The van der Waals surface area contributed by atoms with Crippen LogP contribution in [-0.2, 0) is 0 Å². The first-order chi connectivity index (χ1) is 16.0. The molecule has 0 spiro atoms. The van der Waals surface area contributed by atoms with Gasteiger partial charge in [0.15, 0.2) is 17.3 Å². The van der Waals surface area contributed by atoms with Gasteiger partial charge in [-0.1, -0.05) is 0 Å². The fourth-order valence-corrected chi connectivity index (χ4v) is 3.03. The van der Waals surface area contributed by atoms with Crippen LogP contribution in [0.2, 0.25) is 0 Å². The third-order valence-corrected chi connectivity index (χ3v) is 4.52. The maximum Gasteiger partial charge on any atom is 0.323 e. The monoisotopic (exact) mass is 446 g/mol. The number of ether oxygens (including phenoxy) is 3. The molecule has 2 aromatic heterocycles. The molecule has 0 unspecified atom stereocenters. The van der Waals surface area contributed by atoms with Crippen LogP contribution in [0.25, 0.3) is 5.82 Å². The maximum atomic E-state index is 12.3. The molecule has 0 saturated heterocycles. The molecule has 0 aliphatic heterocycles. The zero-order valence-electron chi connectivity index (χ0n) is 18.3. The summed E-state index contributed by atoms with van der Waals surface area (Å²) in [5.41, 5.74) is 1.16. The summed E-state index contributed by atoms with van der Waals surface area (Å²) in [6.45, 7) is 1.78. The smallest absolute Gasteiger partial charge is 0.323 e. The second-order valence-electron chi connectivity index (χ2n) is 6.84. The molecule has 0 aliphatic rings. The van der Waals surface area contributed by atoms with Crippen LogP contribution in [0.15, 0.2) is 67.0 Å². The molecule has 0 atom stereocenters. The van der Waals surface area contributed by atoms with Gasteiger partial charge in [-0.15, -0.1) is 0 Å². The van der Waals surface area contributed by atoms with E-state index in [-0.39, 0.29) is 0 Å². The maximum absolute atomic E-state index is 12.3. The molecule has 4 rings (SSSR count). The summed E-state index contributed by atoms with van der Waals surface area (Å²) in [5, 5.41) is 9.70. The molecule has 10 heteroatoms. The first-order valence-electron chi connectivity index (χ1n) is 9.97. The predicted molar refractivity (Wildman–Crippen MR) is 123 cm³/mol. The fourth-order valence-electron chi connectivity index (χ4n) is 3.03.